The molecule has 0 aromatic carbocycles. The summed E-state index contributed by atoms with van der Waals surface area (Å²) in [6.07, 6.45) is 6.72. The Morgan fingerprint density at radius 1 is 1.20 bits per heavy atom. The molecular weight excluding hydrogens is 250 g/mol. The molecule has 4 nitrogen and oxygen atoms in total. The molecule has 0 unspecified atom stereocenters. The van der Waals surface area contributed by atoms with Gasteiger partial charge < -0.3 is 10.4 Å². The van der Waals surface area contributed by atoms with Crippen LogP contribution in [0.3, 0.4) is 0 Å². The van der Waals surface area contributed by atoms with Gasteiger partial charge in [0, 0.05) is 30.9 Å². The van der Waals surface area contributed by atoms with E-state index in [1.165, 1.54) is 24.1 Å². The Hall–Kier alpha value is -0.870. The number of nitrogens with zero attached hydrogens (tertiary/aromatic N) is 2. The van der Waals surface area contributed by atoms with E-state index in [2.05, 4.69) is 31.2 Å². The molecule has 0 bridgehead atoms. The fourth-order valence-electron chi connectivity index (χ4n) is 3.28. The summed E-state index contributed by atoms with van der Waals surface area (Å²) in [4.78, 5) is 0. The molecule has 1 aliphatic rings. The fourth-order valence-corrected chi connectivity index (χ4v) is 3.28. The molecule has 0 spiro atoms. The van der Waals surface area contributed by atoms with Gasteiger partial charge >= 0.3 is 0 Å². The molecule has 0 amide bonds. The summed E-state index contributed by atoms with van der Waals surface area (Å²) in [5.74, 6) is 0. The maximum atomic E-state index is 10.6. The number of hydrogen-bond acceptors (Lipinski definition) is 3. The molecule has 20 heavy (non-hydrogen) atoms. The third-order valence-corrected chi connectivity index (χ3v) is 4.62. The molecule has 2 rings (SSSR count). The molecule has 1 heterocycles. The second-order valence-electron chi connectivity index (χ2n) is 6.21. The minimum absolute atomic E-state index is 0.501. The minimum atomic E-state index is -0.501. The van der Waals surface area contributed by atoms with Crippen molar-refractivity contribution in [3.8, 4) is 0 Å². The average molecular weight is 279 g/mol. The van der Waals surface area contributed by atoms with Gasteiger partial charge in [0.25, 0.3) is 0 Å². The zero-order valence-electron chi connectivity index (χ0n) is 13.2. The zero-order valence-corrected chi connectivity index (χ0v) is 13.2. The summed E-state index contributed by atoms with van der Waals surface area (Å²) in [7, 11) is 0. The number of aryl methyl sites for hydroxylation is 2. The van der Waals surface area contributed by atoms with E-state index in [-0.39, 0.29) is 0 Å². The molecular formula is C16H29N3O. The van der Waals surface area contributed by atoms with Gasteiger partial charge in [0.2, 0.25) is 0 Å². The van der Waals surface area contributed by atoms with Crippen molar-refractivity contribution in [2.24, 2.45) is 0 Å². The number of hydrogen-bond donors (Lipinski definition) is 2. The molecule has 114 valence electrons. The van der Waals surface area contributed by atoms with Crippen molar-refractivity contribution in [3.63, 3.8) is 0 Å². The Bertz CT molecular complexity index is 431. The number of nitrogens with one attached hydrogen (secondary N) is 1. The molecule has 0 radical (unpaired) electrons. The third-order valence-electron chi connectivity index (χ3n) is 4.62. The lowest BCUT2D eigenvalue weighted by Crippen LogP contribution is -2.40. The molecule has 1 saturated carbocycles. The Kier molecular flexibility index (Phi) is 5.22. The van der Waals surface area contributed by atoms with E-state index in [1.54, 1.807) is 0 Å². The predicted octanol–water partition coefficient (Wildman–Crippen LogP) is 2.69. The van der Waals surface area contributed by atoms with Gasteiger partial charge in [0.15, 0.2) is 0 Å². The van der Waals surface area contributed by atoms with Crippen molar-refractivity contribution in [3.05, 3.63) is 17.0 Å². The molecule has 1 aromatic rings. The lowest BCUT2D eigenvalue weighted by molar-refractivity contribution is 0.0250. The predicted molar refractivity (Wildman–Crippen MR) is 81.7 cm³/mol. The summed E-state index contributed by atoms with van der Waals surface area (Å²) in [6.45, 7) is 8.72. The summed E-state index contributed by atoms with van der Waals surface area (Å²) < 4.78 is 2.05. The first-order valence-corrected chi connectivity index (χ1v) is 8.02. The average Bonchev–Trinajstić information content (AvgIpc) is 2.59. The first-order valence-electron chi connectivity index (χ1n) is 8.02. The summed E-state index contributed by atoms with van der Waals surface area (Å²) in [5, 5.41) is 18.6. The van der Waals surface area contributed by atoms with Crippen molar-refractivity contribution >= 4 is 0 Å². The van der Waals surface area contributed by atoms with Crippen molar-refractivity contribution in [2.45, 2.75) is 78.0 Å². The van der Waals surface area contributed by atoms with Crippen molar-refractivity contribution in [2.75, 3.05) is 6.54 Å². The van der Waals surface area contributed by atoms with E-state index in [1.807, 2.05) is 4.68 Å². The largest absolute Gasteiger partial charge is 0.389 e. The Balaban J connectivity index is 1.90. The van der Waals surface area contributed by atoms with Crippen LogP contribution in [-0.4, -0.2) is 27.0 Å². The smallest absolute Gasteiger partial charge is 0.0771 e. The van der Waals surface area contributed by atoms with Crippen molar-refractivity contribution < 1.29 is 5.11 Å². The standard InChI is InChI=1S/C16H29N3O/c1-4-19-14(3)15(13(2)18-19)11-17-12-16(20)9-7-5-6-8-10-16/h17,20H,4-12H2,1-3H3. The molecule has 0 saturated heterocycles. The zero-order chi connectivity index (χ0) is 14.6. The third kappa shape index (κ3) is 3.61. The highest BCUT2D eigenvalue weighted by Gasteiger charge is 2.27. The van der Waals surface area contributed by atoms with Crippen molar-refractivity contribution in [1.82, 2.24) is 15.1 Å². The van der Waals surface area contributed by atoms with Gasteiger partial charge in [-0.1, -0.05) is 25.7 Å². The molecule has 0 atom stereocenters. The highest BCUT2D eigenvalue weighted by molar-refractivity contribution is 5.24. The fraction of sp³-hybridized carbons (Fsp3) is 0.812. The second-order valence-corrected chi connectivity index (χ2v) is 6.21. The van der Waals surface area contributed by atoms with Crippen LogP contribution in [0.15, 0.2) is 0 Å². The topological polar surface area (TPSA) is 50.1 Å². The van der Waals surface area contributed by atoms with E-state index in [0.29, 0.717) is 6.54 Å². The molecule has 4 heteroatoms. The second kappa shape index (κ2) is 6.72. The lowest BCUT2D eigenvalue weighted by Gasteiger charge is -2.27. The Morgan fingerprint density at radius 3 is 2.40 bits per heavy atom. The van der Waals surface area contributed by atoms with Gasteiger partial charge in [-0.25, -0.2) is 0 Å². The number of aromatic nitrogens is 2. The Morgan fingerprint density at radius 2 is 1.85 bits per heavy atom. The maximum absolute atomic E-state index is 10.6. The maximum Gasteiger partial charge on any atom is 0.0771 e. The van der Waals surface area contributed by atoms with Crippen LogP contribution >= 0.6 is 0 Å². The van der Waals surface area contributed by atoms with Crippen molar-refractivity contribution in [1.29, 1.82) is 0 Å². The van der Waals surface area contributed by atoms with E-state index in [0.717, 1.165) is 44.5 Å². The van der Waals surface area contributed by atoms with E-state index in [9.17, 15) is 5.11 Å². The lowest BCUT2D eigenvalue weighted by atomic mass is 9.94. The van der Waals surface area contributed by atoms with Gasteiger partial charge in [-0.15, -0.1) is 0 Å². The SMILES string of the molecule is CCn1nc(C)c(CNCC2(O)CCCCCC2)c1C. The molecule has 1 aromatic heterocycles. The summed E-state index contributed by atoms with van der Waals surface area (Å²) >= 11 is 0. The van der Waals surface area contributed by atoms with Gasteiger partial charge in [0.1, 0.15) is 0 Å². The quantitative estimate of drug-likeness (QED) is 0.815. The molecule has 2 N–H and O–H groups in total. The molecule has 1 aliphatic carbocycles. The first kappa shape index (κ1) is 15.5. The Labute approximate surface area is 122 Å². The minimum Gasteiger partial charge on any atom is -0.389 e. The van der Waals surface area contributed by atoms with Crippen LogP contribution in [-0.2, 0) is 13.1 Å². The highest BCUT2D eigenvalue weighted by atomic mass is 16.3. The monoisotopic (exact) mass is 279 g/mol. The molecule has 1 fully saturated rings. The van der Waals surface area contributed by atoms with Crippen LogP contribution in [0, 0.1) is 13.8 Å². The number of rotatable bonds is 5. The van der Waals surface area contributed by atoms with Gasteiger partial charge in [-0.3, -0.25) is 4.68 Å². The van der Waals surface area contributed by atoms with Gasteiger partial charge in [0.05, 0.1) is 11.3 Å². The van der Waals surface area contributed by atoms with Gasteiger partial charge in [-0.05, 0) is 33.6 Å². The van der Waals surface area contributed by atoms with Crippen LogP contribution < -0.4 is 5.32 Å². The number of aliphatic hydroxyl groups is 1. The van der Waals surface area contributed by atoms with E-state index < -0.39 is 5.60 Å². The van der Waals surface area contributed by atoms with E-state index >= 15 is 0 Å². The van der Waals surface area contributed by atoms with Crippen LogP contribution in [0.2, 0.25) is 0 Å². The van der Waals surface area contributed by atoms with Crippen LogP contribution in [0.5, 0.6) is 0 Å². The van der Waals surface area contributed by atoms with Crippen LogP contribution in [0.25, 0.3) is 0 Å². The van der Waals surface area contributed by atoms with E-state index in [4.69, 9.17) is 0 Å². The summed E-state index contributed by atoms with van der Waals surface area (Å²) in [5.41, 5.74) is 3.12. The summed E-state index contributed by atoms with van der Waals surface area (Å²) in [6, 6.07) is 0. The molecule has 0 aliphatic heterocycles. The van der Waals surface area contributed by atoms with Crippen LogP contribution in [0.1, 0.15) is 62.4 Å². The first-order chi connectivity index (χ1) is 9.56. The van der Waals surface area contributed by atoms with Gasteiger partial charge in [-0.2, -0.15) is 5.10 Å². The highest BCUT2D eigenvalue weighted by Crippen LogP contribution is 2.26. The van der Waals surface area contributed by atoms with Crippen LogP contribution in [0.4, 0.5) is 0 Å². The normalized spacial score (nSPS) is 19.0.